The third kappa shape index (κ3) is 4.36. The second-order valence-corrected chi connectivity index (χ2v) is 5.83. The molecule has 0 spiro atoms. The van der Waals surface area contributed by atoms with Crippen molar-refractivity contribution in [3.05, 3.63) is 59.4 Å². The van der Waals surface area contributed by atoms with Gasteiger partial charge in [0.2, 0.25) is 11.9 Å². The maximum atomic E-state index is 12.2. The number of hydrogen-bond acceptors (Lipinski definition) is 7. The van der Waals surface area contributed by atoms with E-state index in [1.54, 1.807) is 48.1 Å². The van der Waals surface area contributed by atoms with Crippen LogP contribution in [0.25, 0.3) is 0 Å². The first kappa shape index (κ1) is 16.5. The number of primary amides is 1. The van der Waals surface area contributed by atoms with Gasteiger partial charge < -0.3 is 16.4 Å². The largest absolute Gasteiger partial charge is 0.366 e. The number of carbonyl (C=O) groups excluding carboxylic acids is 2. The van der Waals surface area contributed by atoms with Crippen LogP contribution in [0.1, 0.15) is 16.1 Å². The van der Waals surface area contributed by atoms with Crippen molar-refractivity contribution in [2.75, 3.05) is 10.6 Å². The van der Waals surface area contributed by atoms with Crippen LogP contribution in [0.2, 0.25) is 0 Å². The Morgan fingerprint density at radius 2 is 1.88 bits per heavy atom. The zero-order valence-electron chi connectivity index (χ0n) is 13.0. The first-order chi connectivity index (χ1) is 12.1. The molecule has 0 radical (unpaired) electrons. The van der Waals surface area contributed by atoms with Crippen LogP contribution < -0.4 is 16.4 Å². The lowest BCUT2D eigenvalue weighted by molar-refractivity contribution is -0.115. The predicted molar refractivity (Wildman–Crippen MR) is 94.7 cm³/mol. The van der Waals surface area contributed by atoms with Crippen molar-refractivity contribution >= 4 is 39.9 Å². The van der Waals surface area contributed by atoms with E-state index < -0.39 is 5.91 Å². The van der Waals surface area contributed by atoms with Gasteiger partial charge in [-0.05, 0) is 18.2 Å². The average molecular weight is 354 g/mol. The number of thiazole rings is 1. The maximum Gasteiger partial charge on any atom is 0.250 e. The first-order valence-electron chi connectivity index (χ1n) is 7.29. The molecule has 3 rings (SSSR count). The summed E-state index contributed by atoms with van der Waals surface area (Å²) in [5.74, 6) is -0.455. The molecular weight excluding hydrogens is 340 g/mol. The van der Waals surface area contributed by atoms with Crippen molar-refractivity contribution in [2.24, 2.45) is 5.73 Å². The number of hydrogen-bond donors (Lipinski definition) is 3. The Bertz CT molecular complexity index is 896. The molecular formula is C16H14N6O2S. The normalized spacial score (nSPS) is 10.2. The number of nitrogens with zero attached hydrogens (tertiary/aromatic N) is 3. The number of carbonyl (C=O) groups is 2. The fraction of sp³-hybridized carbons (Fsp3) is 0.0625. The van der Waals surface area contributed by atoms with E-state index in [1.165, 1.54) is 11.3 Å². The molecule has 0 aliphatic rings. The van der Waals surface area contributed by atoms with Gasteiger partial charge in [0.1, 0.15) is 0 Å². The Labute approximate surface area is 147 Å². The summed E-state index contributed by atoms with van der Waals surface area (Å²) in [5.41, 5.74) is 6.54. The van der Waals surface area contributed by atoms with Crippen LogP contribution in [0.5, 0.6) is 0 Å². The molecule has 9 heteroatoms. The molecule has 2 heterocycles. The third-order valence-electron chi connectivity index (χ3n) is 3.14. The summed E-state index contributed by atoms with van der Waals surface area (Å²) >= 11 is 1.34. The molecule has 0 unspecified atom stereocenters. The van der Waals surface area contributed by atoms with Gasteiger partial charge in [-0.15, -0.1) is 11.3 Å². The zero-order chi connectivity index (χ0) is 17.6. The number of nitrogens with two attached hydrogens (primary N) is 1. The molecule has 0 bridgehead atoms. The fourth-order valence-electron chi connectivity index (χ4n) is 2.07. The van der Waals surface area contributed by atoms with E-state index in [9.17, 15) is 9.59 Å². The van der Waals surface area contributed by atoms with Crippen molar-refractivity contribution in [1.29, 1.82) is 0 Å². The molecule has 8 nitrogen and oxygen atoms in total. The van der Waals surface area contributed by atoms with Gasteiger partial charge in [0.15, 0.2) is 5.13 Å². The molecule has 0 atom stereocenters. The number of rotatable bonds is 6. The molecule has 1 aromatic carbocycles. The molecule has 3 aromatic rings. The first-order valence-corrected chi connectivity index (χ1v) is 8.17. The van der Waals surface area contributed by atoms with Gasteiger partial charge in [0.05, 0.1) is 23.4 Å². The molecule has 2 amide bonds. The van der Waals surface area contributed by atoms with Gasteiger partial charge in [-0.2, -0.15) is 0 Å². The Balaban J connectivity index is 1.63. The number of benzene rings is 1. The Kier molecular flexibility index (Phi) is 4.95. The van der Waals surface area contributed by atoms with Crippen LogP contribution >= 0.6 is 11.3 Å². The molecule has 126 valence electrons. The quantitative estimate of drug-likeness (QED) is 0.622. The smallest absolute Gasteiger partial charge is 0.250 e. The highest BCUT2D eigenvalue weighted by Gasteiger charge is 2.12. The summed E-state index contributed by atoms with van der Waals surface area (Å²) in [7, 11) is 0. The Hall–Kier alpha value is -3.33. The summed E-state index contributed by atoms with van der Waals surface area (Å²) in [6, 6.07) is 8.29. The molecule has 2 aromatic heterocycles. The minimum atomic E-state index is -0.598. The molecule has 0 aliphatic carbocycles. The van der Waals surface area contributed by atoms with E-state index in [1.807, 2.05) is 0 Å². The van der Waals surface area contributed by atoms with E-state index in [0.717, 1.165) is 0 Å². The molecule has 0 saturated heterocycles. The Morgan fingerprint density at radius 1 is 1.12 bits per heavy atom. The van der Waals surface area contributed by atoms with E-state index in [2.05, 4.69) is 25.6 Å². The number of aromatic nitrogens is 3. The van der Waals surface area contributed by atoms with Crippen molar-refractivity contribution < 1.29 is 9.59 Å². The lowest BCUT2D eigenvalue weighted by Gasteiger charge is -2.07. The molecule has 0 fully saturated rings. The molecule has 4 N–H and O–H groups in total. The van der Waals surface area contributed by atoms with Gasteiger partial charge in [0, 0.05) is 17.8 Å². The number of nitrogens with one attached hydrogen (secondary N) is 2. The topological polar surface area (TPSA) is 123 Å². The van der Waals surface area contributed by atoms with E-state index in [-0.39, 0.29) is 17.9 Å². The van der Waals surface area contributed by atoms with Gasteiger partial charge in [0.25, 0.3) is 5.91 Å². The molecule has 0 saturated carbocycles. The standard InChI is InChI=1S/C16H14N6O2S/c17-14(24)11-4-1-2-5-12(11)21-13(23)8-10-9-25-16(20-10)22-15-18-6-3-7-19-15/h1-7,9H,8H2,(H2,17,24)(H,21,23)(H,18,19,20,22). The number of amides is 2. The number of para-hydroxylation sites is 1. The summed E-state index contributed by atoms with van der Waals surface area (Å²) < 4.78 is 0. The lowest BCUT2D eigenvalue weighted by Crippen LogP contribution is -2.19. The highest BCUT2D eigenvalue weighted by molar-refractivity contribution is 7.13. The summed E-state index contributed by atoms with van der Waals surface area (Å²) in [5, 5.41) is 8.00. The second kappa shape index (κ2) is 7.49. The number of anilines is 3. The highest BCUT2D eigenvalue weighted by atomic mass is 32.1. The average Bonchev–Trinajstić information content (AvgIpc) is 3.02. The maximum absolute atomic E-state index is 12.2. The van der Waals surface area contributed by atoms with Gasteiger partial charge in [-0.25, -0.2) is 15.0 Å². The Morgan fingerprint density at radius 3 is 2.64 bits per heavy atom. The third-order valence-corrected chi connectivity index (χ3v) is 3.95. The van der Waals surface area contributed by atoms with Crippen molar-refractivity contribution in [2.45, 2.75) is 6.42 Å². The molecule has 0 aliphatic heterocycles. The summed E-state index contributed by atoms with van der Waals surface area (Å²) in [4.78, 5) is 36.0. The minimum Gasteiger partial charge on any atom is -0.366 e. The summed E-state index contributed by atoms with van der Waals surface area (Å²) in [6.07, 6.45) is 3.31. The van der Waals surface area contributed by atoms with E-state index in [0.29, 0.717) is 22.5 Å². The SMILES string of the molecule is NC(=O)c1ccccc1NC(=O)Cc1csc(Nc2ncccn2)n1. The van der Waals surface area contributed by atoms with E-state index >= 15 is 0 Å². The van der Waals surface area contributed by atoms with Crippen LogP contribution in [0.3, 0.4) is 0 Å². The van der Waals surface area contributed by atoms with Crippen molar-refractivity contribution in [3.8, 4) is 0 Å². The van der Waals surface area contributed by atoms with Crippen LogP contribution in [0, 0.1) is 0 Å². The van der Waals surface area contributed by atoms with Crippen LogP contribution in [-0.2, 0) is 11.2 Å². The monoisotopic (exact) mass is 354 g/mol. The fourth-order valence-corrected chi connectivity index (χ4v) is 2.77. The van der Waals surface area contributed by atoms with Gasteiger partial charge in [-0.3, -0.25) is 9.59 Å². The zero-order valence-corrected chi connectivity index (χ0v) is 13.8. The highest BCUT2D eigenvalue weighted by Crippen LogP contribution is 2.19. The van der Waals surface area contributed by atoms with Crippen LogP contribution in [0.4, 0.5) is 16.8 Å². The van der Waals surface area contributed by atoms with E-state index in [4.69, 9.17) is 5.73 Å². The lowest BCUT2D eigenvalue weighted by atomic mass is 10.1. The van der Waals surface area contributed by atoms with Crippen molar-refractivity contribution in [3.63, 3.8) is 0 Å². The second-order valence-electron chi connectivity index (χ2n) is 4.98. The van der Waals surface area contributed by atoms with Crippen molar-refractivity contribution in [1.82, 2.24) is 15.0 Å². The van der Waals surface area contributed by atoms with Crippen LogP contribution in [-0.4, -0.2) is 26.8 Å². The van der Waals surface area contributed by atoms with Gasteiger partial charge in [-0.1, -0.05) is 12.1 Å². The minimum absolute atomic E-state index is 0.0704. The molecule has 25 heavy (non-hydrogen) atoms. The van der Waals surface area contributed by atoms with Gasteiger partial charge >= 0.3 is 0 Å². The summed E-state index contributed by atoms with van der Waals surface area (Å²) in [6.45, 7) is 0. The van der Waals surface area contributed by atoms with Crippen LogP contribution in [0.15, 0.2) is 48.1 Å². The predicted octanol–water partition coefficient (Wildman–Crippen LogP) is 1.96.